The molecule has 3 aromatic carbocycles. The number of piperidine rings is 2. The molecule has 20 nitrogen and oxygen atoms in total. The van der Waals surface area contributed by atoms with Crippen molar-refractivity contribution in [3.05, 3.63) is 80.8 Å². The number of anilines is 2. The first kappa shape index (κ1) is 65.7. The van der Waals surface area contributed by atoms with Gasteiger partial charge in [-0.05, 0) is 116 Å². The molecule has 2 fully saturated rings. The number of rotatable bonds is 22. The molecule has 0 radical (unpaired) electrons. The van der Waals surface area contributed by atoms with Gasteiger partial charge in [-0.15, -0.1) is 0 Å². The number of methoxy groups -OCH3 is 2. The smallest absolute Gasteiger partial charge is 0.411 e. The van der Waals surface area contributed by atoms with E-state index in [2.05, 4.69) is 44.1 Å². The molecule has 3 aromatic rings. The number of nitrogens with one attached hydrogen (secondary N) is 2. The molecule has 0 bridgehead atoms. The maximum absolute atomic E-state index is 13.2. The van der Waals surface area contributed by atoms with Crippen LogP contribution in [0.15, 0.2) is 48.5 Å². The zero-order valence-corrected chi connectivity index (χ0v) is 50.0. The predicted octanol–water partition coefficient (Wildman–Crippen LogP) is 7.79. The lowest BCUT2D eigenvalue weighted by molar-refractivity contribution is -0.123. The Hall–Kier alpha value is -7.10. The van der Waals surface area contributed by atoms with E-state index in [4.69, 9.17) is 63.1 Å². The van der Waals surface area contributed by atoms with Crippen LogP contribution in [0.1, 0.15) is 125 Å². The minimum absolute atomic E-state index is 0.000783. The lowest BCUT2D eigenvalue weighted by Crippen LogP contribution is -2.45. The summed E-state index contributed by atoms with van der Waals surface area (Å²) in [5.41, 5.74) is 12.6. The van der Waals surface area contributed by atoms with Crippen molar-refractivity contribution in [2.24, 2.45) is 0 Å². The first-order valence-corrected chi connectivity index (χ1v) is 28.3. The lowest BCUT2D eigenvalue weighted by atomic mass is 10.0. The maximum Gasteiger partial charge on any atom is 0.411 e. The fourth-order valence-electron chi connectivity index (χ4n) is 8.78. The third-order valence-electron chi connectivity index (χ3n) is 13.1. The molecule has 0 atom stereocenters. The number of hydrogen-bond donors (Lipinski definition) is 4. The molecule has 5 rings (SSSR count). The van der Waals surface area contributed by atoms with Gasteiger partial charge >= 0.3 is 24.1 Å². The molecule has 2 saturated heterocycles. The van der Waals surface area contributed by atoms with Crippen molar-refractivity contribution in [3.8, 4) is 35.2 Å². The van der Waals surface area contributed by atoms with Crippen molar-refractivity contribution in [1.82, 2.24) is 30.2 Å². The summed E-state index contributed by atoms with van der Waals surface area (Å²) in [5, 5.41) is 6.72. The normalized spacial score (nSPS) is 14.2. The molecule has 6 N–H and O–H groups in total. The highest BCUT2D eigenvalue weighted by atomic mass is 35.5. The molecule has 2 aliphatic heterocycles. The van der Waals surface area contributed by atoms with Gasteiger partial charge in [-0.2, -0.15) is 0 Å². The third-order valence-corrected chi connectivity index (χ3v) is 13.8. The van der Waals surface area contributed by atoms with Crippen molar-refractivity contribution >= 4 is 70.5 Å². The van der Waals surface area contributed by atoms with E-state index < -0.39 is 35.3 Å². The van der Waals surface area contributed by atoms with Crippen molar-refractivity contribution in [3.63, 3.8) is 0 Å². The van der Waals surface area contributed by atoms with Crippen LogP contribution in [0.25, 0.3) is 0 Å². The van der Waals surface area contributed by atoms with E-state index >= 15 is 0 Å². The first-order chi connectivity index (χ1) is 38.9. The minimum atomic E-state index is -0.731. The highest BCUT2D eigenvalue weighted by Gasteiger charge is 2.27. The van der Waals surface area contributed by atoms with E-state index in [1.165, 1.54) is 48.3 Å². The second-order valence-corrected chi connectivity index (χ2v) is 22.8. The molecule has 22 heteroatoms. The van der Waals surface area contributed by atoms with Crippen LogP contribution in [0.5, 0.6) is 11.5 Å². The number of carbonyl (C=O) groups is 6. The summed E-state index contributed by atoms with van der Waals surface area (Å²) in [4.78, 5) is 85.3. The molecule has 0 spiro atoms. The van der Waals surface area contributed by atoms with Gasteiger partial charge in [0.05, 0.1) is 48.7 Å². The Labute approximate surface area is 492 Å². The van der Waals surface area contributed by atoms with Crippen molar-refractivity contribution < 1.29 is 57.2 Å². The number of nitrogen functional groups attached to an aromatic ring is 2. The van der Waals surface area contributed by atoms with Crippen LogP contribution < -0.4 is 31.6 Å². The Bertz CT molecular complexity index is 2610. The van der Waals surface area contributed by atoms with Gasteiger partial charge in [0.15, 0.2) is 0 Å². The molecular weight excluding hydrogens is 1100 g/mol. The zero-order valence-electron chi connectivity index (χ0n) is 48.5. The Morgan fingerprint density at radius 3 is 1.28 bits per heavy atom. The predicted molar refractivity (Wildman–Crippen MR) is 315 cm³/mol. The number of likely N-dealkylation sites (tertiary alicyclic amines) is 2. The molecule has 0 unspecified atom stereocenters. The van der Waals surface area contributed by atoms with Crippen molar-refractivity contribution in [2.75, 3.05) is 104 Å². The first-order valence-electron chi connectivity index (χ1n) is 27.6. The van der Waals surface area contributed by atoms with E-state index in [-0.39, 0.29) is 109 Å². The van der Waals surface area contributed by atoms with Crippen LogP contribution in [0.4, 0.5) is 21.0 Å². The molecule has 0 saturated carbocycles. The summed E-state index contributed by atoms with van der Waals surface area (Å²) in [6, 6.07) is 13.1. The second-order valence-electron chi connectivity index (χ2n) is 22.0. The van der Waals surface area contributed by atoms with Crippen LogP contribution in [-0.2, 0) is 28.5 Å². The van der Waals surface area contributed by atoms with E-state index in [0.29, 0.717) is 48.4 Å². The summed E-state index contributed by atoms with van der Waals surface area (Å²) in [5.74, 6) is 11.6. The van der Waals surface area contributed by atoms with Crippen LogP contribution in [-0.4, -0.2) is 172 Å². The van der Waals surface area contributed by atoms with Crippen LogP contribution in [0, 0.1) is 23.7 Å². The number of benzene rings is 3. The average Bonchev–Trinajstić information content (AvgIpc) is 3.56. The fourth-order valence-corrected chi connectivity index (χ4v) is 9.11. The summed E-state index contributed by atoms with van der Waals surface area (Å²) in [6.07, 6.45) is 3.13. The summed E-state index contributed by atoms with van der Waals surface area (Å²) in [6.45, 7) is 15.7. The number of carbonyl (C=O) groups excluding carboxylic acids is 6. The van der Waals surface area contributed by atoms with E-state index in [1.54, 1.807) is 41.5 Å². The minimum Gasteiger partial charge on any atom is -0.496 e. The Morgan fingerprint density at radius 2 is 0.951 bits per heavy atom. The average molecular weight is 1180 g/mol. The molecule has 2 aliphatic rings. The summed E-state index contributed by atoms with van der Waals surface area (Å²) >= 11 is 12.2. The highest BCUT2D eigenvalue weighted by Crippen LogP contribution is 2.31. The summed E-state index contributed by atoms with van der Waals surface area (Å²) < 4.78 is 32.8. The standard InChI is InChI=1S/C60H80Cl2N8O12/c1-59(2,3)81-57(75)69(27-11-15-53(71)65-43-21-29-67(30-22-43)33-35-79-55(73)45-37-47(61)49(63)39-51(45)77-7)25-9-13-41-17-19-42(20-18-41)14-10-26-70(58(76)82-60(4,5)6)28-12-16-54(72)66-44-23-31-68(32-24-44)34-36-80-56(74)46-38-48(62)50(64)40-52(46)78-8/h17-20,37-40,43-44H,11-12,15-16,21-36,63-64H2,1-8H3,(H,65,71)(H,66,72). The number of amides is 4. The second kappa shape index (κ2) is 31.9. The Kier molecular flexibility index (Phi) is 25.6. The van der Waals surface area contributed by atoms with Gasteiger partial charge < -0.3 is 50.5 Å². The molecular formula is C60H80Cl2N8O12. The van der Waals surface area contributed by atoms with Crippen LogP contribution in [0.2, 0.25) is 10.0 Å². The molecule has 82 heavy (non-hydrogen) atoms. The number of hydrogen-bond acceptors (Lipinski definition) is 16. The van der Waals surface area contributed by atoms with E-state index in [9.17, 15) is 28.8 Å². The van der Waals surface area contributed by atoms with Crippen LogP contribution in [0.3, 0.4) is 0 Å². The summed E-state index contributed by atoms with van der Waals surface area (Å²) in [7, 11) is 2.88. The van der Waals surface area contributed by atoms with E-state index in [0.717, 1.165) is 51.9 Å². The molecule has 4 amide bonds. The van der Waals surface area contributed by atoms with Gasteiger partial charge in [0, 0.05) is 101 Å². The number of halogens is 2. The number of nitrogens with zero attached hydrogens (tertiary/aromatic N) is 4. The largest absolute Gasteiger partial charge is 0.496 e. The fraction of sp³-hybridized carbons (Fsp3) is 0.533. The number of nitrogens with two attached hydrogens (primary N) is 2. The topological polar surface area (TPSA) is 247 Å². The monoisotopic (exact) mass is 1170 g/mol. The van der Waals surface area contributed by atoms with Gasteiger partial charge in [0.1, 0.15) is 47.0 Å². The quantitative estimate of drug-likeness (QED) is 0.0324. The van der Waals surface area contributed by atoms with Gasteiger partial charge in [-0.3, -0.25) is 29.2 Å². The Morgan fingerprint density at radius 1 is 0.598 bits per heavy atom. The van der Waals surface area contributed by atoms with Gasteiger partial charge in [-0.25, -0.2) is 19.2 Å². The zero-order chi connectivity index (χ0) is 60.0. The van der Waals surface area contributed by atoms with Crippen molar-refractivity contribution in [1.29, 1.82) is 0 Å². The lowest BCUT2D eigenvalue weighted by Gasteiger charge is -2.32. The Balaban J connectivity index is 1.02. The molecule has 0 aliphatic carbocycles. The maximum atomic E-state index is 13.2. The molecule has 0 aromatic heterocycles. The van der Waals surface area contributed by atoms with E-state index in [1.807, 2.05) is 24.3 Å². The third kappa shape index (κ3) is 22.7. The number of ether oxygens (including phenoxy) is 6. The van der Waals surface area contributed by atoms with Crippen LogP contribution >= 0.6 is 23.2 Å². The van der Waals surface area contributed by atoms with Gasteiger partial charge in [0.2, 0.25) is 11.8 Å². The molecule has 446 valence electrons. The SMILES string of the molecule is COc1cc(N)c(Cl)cc1C(=O)OCCN1CCC(NC(=O)CCCN(CC#Cc2ccc(C#CCN(CCCC(=O)NC3CCN(CCOC(=O)c4cc(Cl)c(N)cc4OC)CC3)C(=O)OC(C)(C)C)cc2)C(=O)OC(C)(C)C)CC1. The van der Waals surface area contributed by atoms with Gasteiger partial charge in [0.25, 0.3) is 0 Å². The van der Waals surface area contributed by atoms with Crippen molar-refractivity contribution in [2.45, 2.75) is 116 Å². The number of esters is 2. The molecule has 2 heterocycles. The highest BCUT2D eigenvalue weighted by molar-refractivity contribution is 6.34. The van der Waals surface area contributed by atoms with Gasteiger partial charge in [-0.1, -0.05) is 46.9 Å².